The number of aryl methyl sites for hydroxylation is 2. The summed E-state index contributed by atoms with van der Waals surface area (Å²) in [5, 5.41) is 6.87. The first-order valence-corrected chi connectivity index (χ1v) is 10.1. The SMILES string of the molecule is Cc1ccc(C(=O)N/N=C2\CCCc3oc(C(=O)Nc4ccccc4F)c(C)c32)cc1. The van der Waals surface area contributed by atoms with Crippen LogP contribution in [0.25, 0.3) is 0 Å². The molecule has 0 radical (unpaired) electrons. The van der Waals surface area contributed by atoms with Crippen LogP contribution in [-0.2, 0) is 6.42 Å². The number of nitrogens with one attached hydrogen (secondary N) is 2. The van der Waals surface area contributed by atoms with Gasteiger partial charge in [0.15, 0.2) is 5.76 Å². The molecule has 2 N–H and O–H groups in total. The molecule has 6 nitrogen and oxygen atoms in total. The lowest BCUT2D eigenvalue weighted by Crippen LogP contribution is -2.22. The molecule has 1 aliphatic rings. The molecule has 2 aromatic carbocycles. The number of fused-ring (bicyclic) bond motifs is 1. The molecule has 0 bridgehead atoms. The van der Waals surface area contributed by atoms with Gasteiger partial charge in [0.1, 0.15) is 11.6 Å². The number of amides is 2. The number of hydrogen-bond donors (Lipinski definition) is 2. The van der Waals surface area contributed by atoms with E-state index in [0.29, 0.717) is 35.4 Å². The molecule has 0 spiro atoms. The van der Waals surface area contributed by atoms with Crippen molar-refractivity contribution < 1.29 is 18.4 Å². The van der Waals surface area contributed by atoms with Gasteiger partial charge in [-0.05, 0) is 51.0 Å². The molecule has 0 saturated carbocycles. The molecule has 2 amide bonds. The molecular formula is C24H22FN3O3. The number of para-hydroxylation sites is 1. The monoisotopic (exact) mass is 419 g/mol. The van der Waals surface area contributed by atoms with E-state index in [4.69, 9.17) is 4.42 Å². The Hall–Kier alpha value is -3.74. The van der Waals surface area contributed by atoms with Crippen molar-refractivity contribution in [3.63, 3.8) is 0 Å². The van der Waals surface area contributed by atoms with Gasteiger partial charge in [-0.2, -0.15) is 5.10 Å². The highest BCUT2D eigenvalue weighted by Crippen LogP contribution is 2.30. The van der Waals surface area contributed by atoms with E-state index >= 15 is 0 Å². The highest BCUT2D eigenvalue weighted by Gasteiger charge is 2.28. The zero-order valence-electron chi connectivity index (χ0n) is 17.3. The van der Waals surface area contributed by atoms with E-state index < -0.39 is 11.7 Å². The first kappa shape index (κ1) is 20.5. The van der Waals surface area contributed by atoms with Gasteiger partial charge in [-0.15, -0.1) is 0 Å². The normalized spacial score (nSPS) is 14.2. The lowest BCUT2D eigenvalue weighted by Gasteiger charge is -2.13. The van der Waals surface area contributed by atoms with E-state index in [1.165, 1.54) is 12.1 Å². The summed E-state index contributed by atoms with van der Waals surface area (Å²) in [6.07, 6.45) is 2.09. The molecule has 0 fully saturated rings. The van der Waals surface area contributed by atoms with Gasteiger partial charge in [0, 0.05) is 23.1 Å². The molecule has 0 saturated heterocycles. The molecule has 7 heteroatoms. The third-order valence-electron chi connectivity index (χ3n) is 5.26. The maximum Gasteiger partial charge on any atom is 0.291 e. The molecule has 0 unspecified atom stereocenters. The standard InChI is InChI=1S/C24H22FN3O3/c1-14-10-12-16(13-11-14)23(29)28-27-19-8-5-9-20-21(19)15(2)22(31-20)24(30)26-18-7-4-3-6-17(18)25/h3-4,6-7,10-13H,5,8-9H2,1-2H3,(H,26,30)(H,28,29)/b27-19+. The minimum absolute atomic E-state index is 0.0838. The average Bonchev–Trinajstić information content (AvgIpc) is 3.11. The van der Waals surface area contributed by atoms with E-state index in [0.717, 1.165) is 17.5 Å². The van der Waals surface area contributed by atoms with Crippen LogP contribution >= 0.6 is 0 Å². The second kappa shape index (κ2) is 8.55. The van der Waals surface area contributed by atoms with Gasteiger partial charge in [0.05, 0.1) is 11.4 Å². The smallest absolute Gasteiger partial charge is 0.291 e. The van der Waals surface area contributed by atoms with Crippen LogP contribution < -0.4 is 10.7 Å². The number of hydrogen-bond acceptors (Lipinski definition) is 4. The van der Waals surface area contributed by atoms with Crippen molar-refractivity contribution >= 4 is 23.2 Å². The molecule has 0 aliphatic heterocycles. The van der Waals surface area contributed by atoms with E-state index in [1.54, 1.807) is 31.2 Å². The molecule has 1 aromatic heterocycles. The van der Waals surface area contributed by atoms with Crippen LogP contribution in [0.5, 0.6) is 0 Å². The van der Waals surface area contributed by atoms with Crippen molar-refractivity contribution in [3.05, 3.63) is 88.1 Å². The Morgan fingerprint density at radius 2 is 1.74 bits per heavy atom. The topological polar surface area (TPSA) is 83.7 Å². The Morgan fingerprint density at radius 1 is 1.00 bits per heavy atom. The highest BCUT2D eigenvalue weighted by molar-refractivity contribution is 6.09. The predicted octanol–water partition coefficient (Wildman–Crippen LogP) is 4.76. The van der Waals surface area contributed by atoms with Crippen molar-refractivity contribution in [1.29, 1.82) is 0 Å². The van der Waals surface area contributed by atoms with Crippen LogP contribution in [0.15, 0.2) is 58.0 Å². The summed E-state index contributed by atoms with van der Waals surface area (Å²) in [7, 11) is 0. The van der Waals surface area contributed by atoms with Crippen molar-refractivity contribution in [2.24, 2.45) is 5.10 Å². The van der Waals surface area contributed by atoms with Crippen molar-refractivity contribution in [2.45, 2.75) is 33.1 Å². The van der Waals surface area contributed by atoms with Crippen LogP contribution in [0.1, 0.15) is 56.2 Å². The number of carbonyl (C=O) groups is 2. The van der Waals surface area contributed by atoms with E-state index in [1.807, 2.05) is 19.1 Å². The van der Waals surface area contributed by atoms with Crippen molar-refractivity contribution in [2.75, 3.05) is 5.32 Å². The number of benzene rings is 2. The third kappa shape index (κ3) is 4.26. The Morgan fingerprint density at radius 3 is 2.48 bits per heavy atom. The first-order chi connectivity index (χ1) is 14.9. The number of nitrogens with zero attached hydrogens (tertiary/aromatic N) is 1. The quantitative estimate of drug-likeness (QED) is 0.598. The molecule has 1 heterocycles. The van der Waals surface area contributed by atoms with Crippen molar-refractivity contribution in [1.82, 2.24) is 5.43 Å². The third-order valence-corrected chi connectivity index (χ3v) is 5.26. The average molecular weight is 419 g/mol. The van der Waals surface area contributed by atoms with Crippen LogP contribution in [0.4, 0.5) is 10.1 Å². The van der Waals surface area contributed by atoms with Gasteiger partial charge in [-0.25, -0.2) is 9.82 Å². The fourth-order valence-corrected chi connectivity index (χ4v) is 3.63. The second-order valence-electron chi connectivity index (χ2n) is 7.51. The molecule has 4 rings (SSSR count). The van der Waals surface area contributed by atoms with E-state index in [2.05, 4.69) is 15.8 Å². The van der Waals surface area contributed by atoms with Crippen LogP contribution in [0, 0.1) is 19.7 Å². The molecule has 31 heavy (non-hydrogen) atoms. The lowest BCUT2D eigenvalue weighted by molar-refractivity contribution is 0.0953. The Labute approximate surface area is 179 Å². The first-order valence-electron chi connectivity index (χ1n) is 10.1. The second-order valence-corrected chi connectivity index (χ2v) is 7.51. The van der Waals surface area contributed by atoms with Gasteiger partial charge >= 0.3 is 0 Å². The fourth-order valence-electron chi connectivity index (χ4n) is 3.63. The Bertz CT molecular complexity index is 1180. The van der Waals surface area contributed by atoms with Gasteiger partial charge < -0.3 is 9.73 Å². The minimum Gasteiger partial charge on any atom is -0.455 e. The zero-order chi connectivity index (χ0) is 22.0. The highest BCUT2D eigenvalue weighted by atomic mass is 19.1. The molecule has 1 aliphatic carbocycles. The minimum atomic E-state index is -0.528. The van der Waals surface area contributed by atoms with Crippen molar-refractivity contribution in [3.8, 4) is 0 Å². The number of hydrazone groups is 1. The van der Waals surface area contributed by atoms with Gasteiger partial charge in [-0.1, -0.05) is 29.8 Å². The number of anilines is 1. The largest absolute Gasteiger partial charge is 0.455 e. The Balaban J connectivity index is 1.57. The molecule has 158 valence electrons. The van der Waals surface area contributed by atoms with Gasteiger partial charge in [0.25, 0.3) is 11.8 Å². The maximum atomic E-state index is 13.9. The van der Waals surface area contributed by atoms with Gasteiger partial charge in [-0.3, -0.25) is 9.59 Å². The molecular weight excluding hydrogens is 397 g/mol. The van der Waals surface area contributed by atoms with Crippen LogP contribution in [0.2, 0.25) is 0 Å². The Kier molecular flexibility index (Phi) is 5.66. The van der Waals surface area contributed by atoms with Crippen LogP contribution in [0.3, 0.4) is 0 Å². The molecule has 0 atom stereocenters. The summed E-state index contributed by atoms with van der Waals surface area (Å²) in [5.41, 5.74) is 6.27. The summed E-state index contributed by atoms with van der Waals surface area (Å²) in [6.45, 7) is 3.72. The van der Waals surface area contributed by atoms with E-state index in [-0.39, 0.29) is 17.4 Å². The number of halogens is 1. The number of rotatable bonds is 4. The number of furan rings is 1. The summed E-state index contributed by atoms with van der Waals surface area (Å²) < 4.78 is 19.7. The summed E-state index contributed by atoms with van der Waals surface area (Å²) >= 11 is 0. The van der Waals surface area contributed by atoms with Crippen LogP contribution in [-0.4, -0.2) is 17.5 Å². The predicted molar refractivity (Wildman–Crippen MR) is 116 cm³/mol. The van der Waals surface area contributed by atoms with E-state index in [9.17, 15) is 14.0 Å². The fraction of sp³-hybridized carbons (Fsp3) is 0.208. The summed E-state index contributed by atoms with van der Waals surface area (Å²) in [5.74, 6) is -0.595. The lowest BCUT2D eigenvalue weighted by atomic mass is 9.93. The van der Waals surface area contributed by atoms with Gasteiger partial charge in [0.2, 0.25) is 0 Å². The maximum absolute atomic E-state index is 13.9. The summed E-state index contributed by atoms with van der Waals surface area (Å²) in [4.78, 5) is 25.1. The zero-order valence-corrected chi connectivity index (χ0v) is 17.3. The number of carbonyl (C=O) groups excluding carboxylic acids is 2. The molecule has 3 aromatic rings. The summed E-state index contributed by atoms with van der Waals surface area (Å²) in [6, 6.07) is 13.2.